The van der Waals surface area contributed by atoms with Gasteiger partial charge < -0.3 is 5.32 Å². The van der Waals surface area contributed by atoms with Crippen molar-refractivity contribution in [1.82, 2.24) is 9.97 Å². The van der Waals surface area contributed by atoms with Crippen molar-refractivity contribution in [3.05, 3.63) is 47.0 Å². The van der Waals surface area contributed by atoms with Crippen LogP contribution in [0, 0.1) is 6.92 Å². The highest BCUT2D eigenvalue weighted by Crippen LogP contribution is 2.31. The fraction of sp³-hybridized carbons (Fsp3) is 0.263. The van der Waals surface area contributed by atoms with Gasteiger partial charge in [0.1, 0.15) is 5.82 Å². The Morgan fingerprint density at radius 2 is 1.85 bits per heavy atom. The maximum Gasteiger partial charge on any atom is 0.178 e. The first-order valence-electron chi connectivity index (χ1n) is 8.40. The fourth-order valence-electron chi connectivity index (χ4n) is 2.76. The number of sulfone groups is 1. The highest BCUT2D eigenvalue weighted by atomic mass is 35.5. The van der Waals surface area contributed by atoms with Gasteiger partial charge in [-0.25, -0.2) is 18.4 Å². The highest BCUT2D eigenvalue weighted by molar-refractivity contribution is 7.91. The molecule has 1 N–H and O–H groups in total. The number of halogens is 1. The second-order valence-electron chi connectivity index (χ2n) is 5.99. The summed E-state index contributed by atoms with van der Waals surface area (Å²) in [7, 11) is -3.47. The molecule has 26 heavy (non-hydrogen) atoms. The van der Waals surface area contributed by atoms with Crippen molar-refractivity contribution in [2.45, 2.75) is 25.7 Å². The third kappa shape index (κ3) is 3.52. The molecule has 0 aliphatic carbocycles. The first-order chi connectivity index (χ1) is 12.4. The normalized spacial score (nSPS) is 11.7. The van der Waals surface area contributed by atoms with Crippen LogP contribution in [0.25, 0.3) is 22.3 Å². The number of hydrogen-bond acceptors (Lipinski definition) is 5. The van der Waals surface area contributed by atoms with E-state index in [1.807, 2.05) is 32.0 Å². The predicted molar refractivity (Wildman–Crippen MR) is 107 cm³/mol. The zero-order valence-corrected chi connectivity index (χ0v) is 16.4. The van der Waals surface area contributed by atoms with Crippen LogP contribution in [-0.2, 0) is 9.84 Å². The Bertz CT molecular complexity index is 1080. The maximum absolute atomic E-state index is 12.5. The van der Waals surface area contributed by atoms with E-state index in [0.717, 1.165) is 16.5 Å². The summed E-state index contributed by atoms with van der Waals surface area (Å²) in [5.74, 6) is 1.03. The van der Waals surface area contributed by atoms with Crippen LogP contribution in [-0.4, -0.2) is 30.7 Å². The molecule has 1 heterocycles. The summed E-state index contributed by atoms with van der Waals surface area (Å²) in [6, 6.07) is 10.7. The number of aryl methyl sites for hydroxylation is 1. The number of aromatic nitrogens is 2. The van der Waals surface area contributed by atoms with Gasteiger partial charge in [0.15, 0.2) is 15.7 Å². The number of nitrogens with zero attached hydrogens (tertiary/aromatic N) is 2. The van der Waals surface area contributed by atoms with Crippen molar-refractivity contribution in [3.63, 3.8) is 0 Å². The van der Waals surface area contributed by atoms with E-state index in [4.69, 9.17) is 11.6 Å². The second kappa shape index (κ2) is 7.21. The molecule has 3 rings (SSSR count). The van der Waals surface area contributed by atoms with Gasteiger partial charge in [-0.1, -0.05) is 24.6 Å². The maximum atomic E-state index is 12.5. The van der Waals surface area contributed by atoms with Crippen LogP contribution in [0.1, 0.15) is 19.4 Å². The number of fused-ring (bicyclic) bond motifs is 1. The van der Waals surface area contributed by atoms with Crippen molar-refractivity contribution in [3.8, 4) is 11.4 Å². The highest BCUT2D eigenvalue weighted by Gasteiger charge is 2.21. The van der Waals surface area contributed by atoms with Gasteiger partial charge in [-0.2, -0.15) is 0 Å². The molecule has 5 nitrogen and oxygen atoms in total. The summed E-state index contributed by atoms with van der Waals surface area (Å²) < 4.78 is 25.1. The molecule has 0 spiro atoms. The van der Waals surface area contributed by atoms with E-state index in [0.29, 0.717) is 28.8 Å². The summed E-state index contributed by atoms with van der Waals surface area (Å²) >= 11 is 6.05. The van der Waals surface area contributed by atoms with Crippen molar-refractivity contribution in [1.29, 1.82) is 0 Å². The average molecular weight is 390 g/mol. The van der Waals surface area contributed by atoms with Crippen molar-refractivity contribution in [2.24, 2.45) is 0 Å². The zero-order chi connectivity index (χ0) is 18.9. The monoisotopic (exact) mass is 389 g/mol. The smallest absolute Gasteiger partial charge is 0.178 e. The largest absolute Gasteiger partial charge is 0.370 e. The summed E-state index contributed by atoms with van der Waals surface area (Å²) in [5, 5.41) is 4.50. The minimum Gasteiger partial charge on any atom is -0.370 e. The standard InChI is InChI=1S/C19H20ClN3O2S/c1-4-21-18-14-8-6-12(3)10-16(14)22-19(23-18)15-9-7-13(20)11-17(15)26(24,25)5-2/h6-11H,4-5H2,1-3H3,(H,21,22,23). The quantitative estimate of drug-likeness (QED) is 0.696. The lowest BCUT2D eigenvalue weighted by atomic mass is 10.1. The molecule has 2 aromatic carbocycles. The summed E-state index contributed by atoms with van der Waals surface area (Å²) in [6.45, 7) is 6.27. The molecule has 0 aliphatic rings. The zero-order valence-electron chi connectivity index (χ0n) is 14.9. The first-order valence-corrected chi connectivity index (χ1v) is 10.4. The average Bonchev–Trinajstić information content (AvgIpc) is 2.61. The van der Waals surface area contributed by atoms with Gasteiger partial charge in [-0.15, -0.1) is 0 Å². The molecule has 1 aromatic heterocycles. The fourth-order valence-corrected chi connectivity index (χ4v) is 4.10. The van der Waals surface area contributed by atoms with Crippen LogP contribution in [0.2, 0.25) is 5.02 Å². The van der Waals surface area contributed by atoms with Gasteiger partial charge in [0.2, 0.25) is 0 Å². The molecule has 0 aliphatic heterocycles. The van der Waals surface area contributed by atoms with Gasteiger partial charge in [-0.05, 0) is 49.7 Å². The molecule has 0 fully saturated rings. The van der Waals surface area contributed by atoms with Crippen molar-refractivity contribution >= 4 is 38.2 Å². The van der Waals surface area contributed by atoms with Crippen LogP contribution in [0.3, 0.4) is 0 Å². The van der Waals surface area contributed by atoms with E-state index in [1.54, 1.807) is 19.1 Å². The van der Waals surface area contributed by atoms with Crippen LogP contribution >= 0.6 is 11.6 Å². The Balaban J connectivity index is 2.32. The molecule has 0 atom stereocenters. The summed E-state index contributed by atoms with van der Waals surface area (Å²) in [6.07, 6.45) is 0. The molecule has 0 saturated heterocycles. The molecular formula is C19H20ClN3O2S. The second-order valence-corrected chi connectivity index (χ2v) is 8.67. The van der Waals surface area contributed by atoms with E-state index in [9.17, 15) is 8.42 Å². The van der Waals surface area contributed by atoms with E-state index in [1.165, 1.54) is 6.07 Å². The van der Waals surface area contributed by atoms with Crippen LogP contribution in [0.4, 0.5) is 5.82 Å². The molecule has 0 radical (unpaired) electrons. The van der Waals surface area contributed by atoms with Gasteiger partial charge in [0.05, 0.1) is 16.2 Å². The SMILES string of the molecule is CCNc1nc(-c2ccc(Cl)cc2S(=O)(=O)CC)nc2cc(C)ccc12. The van der Waals surface area contributed by atoms with E-state index in [2.05, 4.69) is 15.3 Å². The Labute approximate surface area is 158 Å². The number of benzene rings is 2. The number of anilines is 1. The molecule has 136 valence electrons. The first kappa shape index (κ1) is 18.6. The minimum atomic E-state index is -3.47. The molecule has 3 aromatic rings. The topological polar surface area (TPSA) is 72.0 Å². The van der Waals surface area contributed by atoms with Gasteiger partial charge in [0.25, 0.3) is 0 Å². The van der Waals surface area contributed by atoms with Gasteiger partial charge in [0, 0.05) is 22.5 Å². The van der Waals surface area contributed by atoms with E-state index >= 15 is 0 Å². The Kier molecular flexibility index (Phi) is 5.16. The predicted octanol–water partition coefficient (Wildman–Crippen LogP) is 4.48. The van der Waals surface area contributed by atoms with Crippen molar-refractivity contribution in [2.75, 3.05) is 17.6 Å². The lowest BCUT2D eigenvalue weighted by Gasteiger charge is -2.13. The van der Waals surface area contributed by atoms with Gasteiger partial charge in [-0.3, -0.25) is 0 Å². The Morgan fingerprint density at radius 1 is 1.08 bits per heavy atom. The van der Waals surface area contributed by atoms with Gasteiger partial charge >= 0.3 is 0 Å². The van der Waals surface area contributed by atoms with Crippen LogP contribution in [0.15, 0.2) is 41.3 Å². The molecule has 7 heteroatoms. The van der Waals surface area contributed by atoms with Crippen LogP contribution in [0.5, 0.6) is 0 Å². The lowest BCUT2D eigenvalue weighted by molar-refractivity contribution is 0.597. The molecule has 0 saturated carbocycles. The molecule has 0 bridgehead atoms. The third-order valence-corrected chi connectivity index (χ3v) is 6.10. The number of rotatable bonds is 5. The van der Waals surface area contributed by atoms with Crippen molar-refractivity contribution < 1.29 is 8.42 Å². The Hall–Kier alpha value is -2.18. The van der Waals surface area contributed by atoms with E-state index < -0.39 is 9.84 Å². The minimum absolute atomic E-state index is 0.0207. The Morgan fingerprint density at radius 3 is 2.54 bits per heavy atom. The molecular weight excluding hydrogens is 370 g/mol. The third-order valence-electron chi connectivity index (χ3n) is 4.10. The molecule has 0 amide bonds. The summed E-state index contributed by atoms with van der Waals surface area (Å²) in [5.41, 5.74) is 2.29. The van der Waals surface area contributed by atoms with Crippen LogP contribution < -0.4 is 5.32 Å². The summed E-state index contributed by atoms with van der Waals surface area (Å²) in [4.78, 5) is 9.38. The number of hydrogen-bond donors (Lipinski definition) is 1. The van der Waals surface area contributed by atoms with E-state index in [-0.39, 0.29) is 10.6 Å². The molecule has 0 unspecified atom stereocenters. The lowest BCUT2D eigenvalue weighted by Crippen LogP contribution is -2.08. The number of nitrogens with one attached hydrogen (secondary N) is 1.